The lowest BCUT2D eigenvalue weighted by molar-refractivity contribution is 0.425. The molecule has 0 spiro atoms. The van der Waals surface area contributed by atoms with Crippen molar-refractivity contribution in [1.29, 1.82) is 0 Å². The number of aromatic nitrogens is 2. The smallest absolute Gasteiger partial charge is 0.0694 e. The van der Waals surface area contributed by atoms with E-state index in [4.69, 9.17) is 0 Å². The minimum absolute atomic E-state index is 0.508. The SMILES string of the molecule is CC(C)c1nn(C)cc1CNC1CCCC1C. The van der Waals surface area contributed by atoms with Gasteiger partial charge in [-0.3, -0.25) is 4.68 Å². The summed E-state index contributed by atoms with van der Waals surface area (Å²) in [6.07, 6.45) is 6.24. The number of hydrogen-bond donors (Lipinski definition) is 1. The molecule has 1 aromatic heterocycles. The largest absolute Gasteiger partial charge is 0.310 e. The van der Waals surface area contributed by atoms with Crippen molar-refractivity contribution in [2.75, 3.05) is 0 Å². The zero-order chi connectivity index (χ0) is 12.4. The molecule has 1 aliphatic rings. The Bertz CT molecular complexity index is 368. The van der Waals surface area contributed by atoms with Gasteiger partial charge < -0.3 is 5.32 Å². The van der Waals surface area contributed by atoms with E-state index >= 15 is 0 Å². The topological polar surface area (TPSA) is 29.9 Å². The number of nitrogens with zero attached hydrogens (tertiary/aromatic N) is 2. The second-order valence-corrected chi connectivity index (χ2v) is 5.76. The number of rotatable bonds is 4. The minimum Gasteiger partial charge on any atom is -0.310 e. The van der Waals surface area contributed by atoms with Gasteiger partial charge in [0.05, 0.1) is 5.69 Å². The highest BCUT2D eigenvalue weighted by Gasteiger charge is 2.23. The molecule has 0 amide bonds. The van der Waals surface area contributed by atoms with Crippen LogP contribution in [-0.4, -0.2) is 15.8 Å². The van der Waals surface area contributed by atoms with Gasteiger partial charge in [0.15, 0.2) is 0 Å². The lowest BCUT2D eigenvalue weighted by Gasteiger charge is -2.17. The first-order valence-electron chi connectivity index (χ1n) is 6.83. The van der Waals surface area contributed by atoms with Crippen LogP contribution in [0.1, 0.15) is 57.2 Å². The van der Waals surface area contributed by atoms with Gasteiger partial charge in [-0.05, 0) is 24.7 Å². The first-order valence-corrected chi connectivity index (χ1v) is 6.83. The highest BCUT2D eigenvalue weighted by molar-refractivity contribution is 5.20. The molecule has 0 saturated heterocycles. The molecular weight excluding hydrogens is 210 g/mol. The van der Waals surface area contributed by atoms with Crippen molar-refractivity contribution in [3.8, 4) is 0 Å². The molecule has 0 aromatic carbocycles. The molecule has 0 bridgehead atoms. The standard InChI is InChI=1S/C14H25N3/c1-10(2)14-12(9-17(4)16-14)8-15-13-7-5-6-11(13)3/h9-11,13,15H,5-8H2,1-4H3. The summed E-state index contributed by atoms with van der Waals surface area (Å²) >= 11 is 0. The molecule has 1 fully saturated rings. The Morgan fingerprint density at radius 1 is 1.47 bits per heavy atom. The van der Waals surface area contributed by atoms with Crippen LogP contribution in [0.15, 0.2) is 6.20 Å². The predicted octanol–water partition coefficient (Wildman–Crippen LogP) is 2.82. The van der Waals surface area contributed by atoms with E-state index in [2.05, 4.69) is 37.4 Å². The fourth-order valence-electron chi connectivity index (χ4n) is 2.87. The van der Waals surface area contributed by atoms with Gasteiger partial charge in [0.25, 0.3) is 0 Å². The Balaban J connectivity index is 1.98. The van der Waals surface area contributed by atoms with Crippen LogP contribution < -0.4 is 5.32 Å². The molecule has 17 heavy (non-hydrogen) atoms. The van der Waals surface area contributed by atoms with E-state index in [1.807, 2.05) is 11.7 Å². The van der Waals surface area contributed by atoms with Crippen LogP contribution in [-0.2, 0) is 13.6 Å². The van der Waals surface area contributed by atoms with E-state index in [1.54, 1.807) is 0 Å². The summed E-state index contributed by atoms with van der Waals surface area (Å²) in [7, 11) is 2.01. The zero-order valence-electron chi connectivity index (χ0n) is 11.5. The second-order valence-electron chi connectivity index (χ2n) is 5.76. The van der Waals surface area contributed by atoms with Gasteiger partial charge in [0.1, 0.15) is 0 Å². The summed E-state index contributed by atoms with van der Waals surface area (Å²) in [6.45, 7) is 7.75. The molecule has 2 rings (SSSR count). The molecule has 1 N–H and O–H groups in total. The van der Waals surface area contributed by atoms with Gasteiger partial charge in [-0.1, -0.05) is 27.2 Å². The van der Waals surface area contributed by atoms with E-state index < -0.39 is 0 Å². The van der Waals surface area contributed by atoms with Crippen molar-refractivity contribution in [3.05, 3.63) is 17.5 Å². The predicted molar refractivity (Wildman–Crippen MR) is 70.9 cm³/mol. The molecule has 2 unspecified atom stereocenters. The van der Waals surface area contributed by atoms with Gasteiger partial charge in [-0.2, -0.15) is 5.10 Å². The molecule has 3 nitrogen and oxygen atoms in total. The summed E-state index contributed by atoms with van der Waals surface area (Å²) in [5, 5.41) is 8.25. The summed E-state index contributed by atoms with van der Waals surface area (Å²) in [4.78, 5) is 0. The Labute approximate surface area is 105 Å². The number of hydrogen-bond acceptors (Lipinski definition) is 2. The van der Waals surface area contributed by atoms with Crippen LogP contribution in [0, 0.1) is 5.92 Å². The van der Waals surface area contributed by atoms with Crippen LogP contribution in [0.2, 0.25) is 0 Å². The minimum atomic E-state index is 0.508. The summed E-state index contributed by atoms with van der Waals surface area (Å²) in [5.74, 6) is 1.34. The zero-order valence-corrected chi connectivity index (χ0v) is 11.5. The summed E-state index contributed by atoms with van der Waals surface area (Å²) in [6, 6.07) is 0.704. The Morgan fingerprint density at radius 2 is 2.24 bits per heavy atom. The van der Waals surface area contributed by atoms with Gasteiger partial charge in [0, 0.05) is 31.4 Å². The maximum atomic E-state index is 4.55. The van der Waals surface area contributed by atoms with Crippen molar-refractivity contribution < 1.29 is 0 Å². The van der Waals surface area contributed by atoms with Crippen molar-refractivity contribution in [1.82, 2.24) is 15.1 Å². The van der Waals surface area contributed by atoms with E-state index in [9.17, 15) is 0 Å². The van der Waals surface area contributed by atoms with Crippen LogP contribution >= 0.6 is 0 Å². The monoisotopic (exact) mass is 235 g/mol. The maximum absolute atomic E-state index is 4.55. The van der Waals surface area contributed by atoms with E-state index in [-0.39, 0.29) is 0 Å². The van der Waals surface area contributed by atoms with Gasteiger partial charge in [0.2, 0.25) is 0 Å². The van der Waals surface area contributed by atoms with Crippen LogP contribution in [0.3, 0.4) is 0 Å². The Morgan fingerprint density at radius 3 is 2.82 bits per heavy atom. The highest BCUT2D eigenvalue weighted by Crippen LogP contribution is 2.25. The third kappa shape index (κ3) is 2.89. The molecule has 1 saturated carbocycles. The number of nitrogens with one attached hydrogen (secondary N) is 1. The fourth-order valence-corrected chi connectivity index (χ4v) is 2.87. The van der Waals surface area contributed by atoms with Gasteiger partial charge in [-0.25, -0.2) is 0 Å². The normalized spacial score (nSPS) is 24.8. The van der Waals surface area contributed by atoms with Gasteiger partial charge >= 0.3 is 0 Å². The van der Waals surface area contributed by atoms with Crippen LogP contribution in [0.25, 0.3) is 0 Å². The van der Waals surface area contributed by atoms with Crippen LogP contribution in [0.4, 0.5) is 0 Å². The van der Waals surface area contributed by atoms with Crippen LogP contribution in [0.5, 0.6) is 0 Å². The average Bonchev–Trinajstić information content (AvgIpc) is 2.82. The summed E-state index contributed by atoms with van der Waals surface area (Å²) in [5.41, 5.74) is 2.60. The average molecular weight is 235 g/mol. The molecule has 1 aliphatic carbocycles. The van der Waals surface area contributed by atoms with E-state index in [0.717, 1.165) is 12.5 Å². The Hall–Kier alpha value is -0.830. The second kappa shape index (κ2) is 5.21. The van der Waals surface area contributed by atoms with Crippen molar-refractivity contribution >= 4 is 0 Å². The van der Waals surface area contributed by atoms with E-state index in [0.29, 0.717) is 12.0 Å². The third-order valence-electron chi connectivity index (χ3n) is 3.90. The molecule has 2 atom stereocenters. The van der Waals surface area contributed by atoms with Gasteiger partial charge in [-0.15, -0.1) is 0 Å². The first-order chi connectivity index (χ1) is 8.08. The quantitative estimate of drug-likeness (QED) is 0.869. The first kappa shape index (κ1) is 12.6. The molecule has 0 radical (unpaired) electrons. The maximum Gasteiger partial charge on any atom is 0.0694 e. The number of aryl methyl sites for hydroxylation is 1. The molecular formula is C14H25N3. The van der Waals surface area contributed by atoms with Crippen molar-refractivity contribution in [2.45, 2.75) is 58.5 Å². The lowest BCUT2D eigenvalue weighted by atomic mass is 10.0. The molecule has 96 valence electrons. The molecule has 3 heteroatoms. The highest BCUT2D eigenvalue weighted by atomic mass is 15.3. The van der Waals surface area contributed by atoms with E-state index in [1.165, 1.54) is 30.5 Å². The van der Waals surface area contributed by atoms with Crippen molar-refractivity contribution in [2.24, 2.45) is 13.0 Å². The third-order valence-corrected chi connectivity index (χ3v) is 3.90. The molecule has 1 heterocycles. The Kier molecular flexibility index (Phi) is 3.87. The summed E-state index contributed by atoms with van der Waals surface area (Å²) < 4.78 is 1.93. The van der Waals surface area contributed by atoms with Crippen molar-refractivity contribution in [3.63, 3.8) is 0 Å². The molecule has 0 aliphatic heterocycles. The fraction of sp³-hybridized carbons (Fsp3) is 0.786. The lowest BCUT2D eigenvalue weighted by Crippen LogP contribution is -2.30. The molecule has 1 aromatic rings.